The van der Waals surface area contributed by atoms with Crippen molar-refractivity contribution in [3.05, 3.63) is 35.0 Å². The van der Waals surface area contributed by atoms with Crippen LogP contribution in [-0.2, 0) is 4.74 Å². The van der Waals surface area contributed by atoms with Crippen molar-refractivity contribution in [1.82, 2.24) is 10.3 Å². The highest BCUT2D eigenvalue weighted by molar-refractivity contribution is 6.31. The minimum absolute atomic E-state index is 0.120. The van der Waals surface area contributed by atoms with Crippen LogP contribution in [0, 0.1) is 5.41 Å². The zero-order valence-corrected chi connectivity index (χ0v) is 14.2. The molecule has 2 heterocycles. The van der Waals surface area contributed by atoms with Crippen LogP contribution in [0.25, 0.3) is 10.9 Å². The largest absolute Gasteiger partial charge is 0.389 e. The lowest BCUT2D eigenvalue weighted by molar-refractivity contribution is -0.108. The van der Waals surface area contributed by atoms with E-state index >= 15 is 0 Å². The molecular formula is C18H21ClN2O3. The molecule has 1 saturated carbocycles. The first kappa shape index (κ1) is 15.9. The van der Waals surface area contributed by atoms with E-state index in [1.54, 1.807) is 18.3 Å². The Morgan fingerprint density at radius 1 is 1.29 bits per heavy atom. The van der Waals surface area contributed by atoms with Crippen LogP contribution in [-0.4, -0.2) is 41.4 Å². The molecule has 1 aromatic carbocycles. The van der Waals surface area contributed by atoms with Gasteiger partial charge in [-0.2, -0.15) is 0 Å². The molecule has 0 bridgehead atoms. The molecule has 2 aromatic rings. The molecule has 1 aliphatic carbocycles. The van der Waals surface area contributed by atoms with Crippen LogP contribution in [0.1, 0.15) is 36.0 Å². The topological polar surface area (TPSA) is 74.3 Å². The van der Waals surface area contributed by atoms with Crippen LogP contribution < -0.4 is 5.32 Å². The van der Waals surface area contributed by atoms with E-state index in [2.05, 4.69) is 10.3 Å². The number of aliphatic hydroxyl groups is 1. The average Bonchev–Trinajstić information content (AvgIpc) is 3.27. The van der Waals surface area contributed by atoms with Gasteiger partial charge in [-0.05, 0) is 25.0 Å². The smallest absolute Gasteiger partial charge is 0.253 e. The molecule has 128 valence electrons. The number of rotatable bonds is 4. The Labute approximate surface area is 145 Å². The molecular weight excluding hydrogens is 328 g/mol. The monoisotopic (exact) mass is 348 g/mol. The Hall–Kier alpha value is -1.56. The SMILES string of the molecule is O=C(NCC1(C2(O)CCOCC2)CC1)c1c[nH]c2cc(Cl)ccc12. The number of carbonyl (C=O) groups excluding carboxylic acids is 1. The quantitative estimate of drug-likeness (QED) is 0.795. The van der Waals surface area contributed by atoms with E-state index in [1.807, 2.05) is 6.07 Å². The molecule has 1 saturated heterocycles. The molecule has 3 N–H and O–H groups in total. The Morgan fingerprint density at radius 2 is 2.04 bits per heavy atom. The van der Waals surface area contributed by atoms with Crippen molar-refractivity contribution in [2.24, 2.45) is 5.41 Å². The zero-order chi connectivity index (χ0) is 16.8. The average molecular weight is 349 g/mol. The lowest BCUT2D eigenvalue weighted by atomic mass is 9.78. The Bertz CT molecular complexity index is 776. The molecule has 1 amide bonds. The van der Waals surface area contributed by atoms with Crippen LogP contribution in [0.2, 0.25) is 5.02 Å². The van der Waals surface area contributed by atoms with E-state index < -0.39 is 5.60 Å². The Kier molecular flexibility index (Phi) is 3.82. The molecule has 0 unspecified atom stereocenters. The van der Waals surface area contributed by atoms with E-state index in [1.165, 1.54) is 0 Å². The van der Waals surface area contributed by atoms with E-state index in [9.17, 15) is 9.90 Å². The van der Waals surface area contributed by atoms with Crippen LogP contribution in [0.15, 0.2) is 24.4 Å². The molecule has 0 spiro atoms. The summed E-state index contributed by atoms with van der Waals surface area (Å²) in [6.45, 7) is 1.69. The molecule has 6 heteroatoms. The number of carbonyl (C=O) groups is 1. The first-order valence-electron chi connectivity index (χ1n) is 8.38. The Balaban J connectivity index is 1.48. The lowest BCUT2D eigenvalue weighted by Gasteiger charge is -2.39. The van der Waals surface area contributed by atoms with Gasteiger partial charge in [-0.25, -0.2) is 0 Å². The van der Waals surface area contributed by atoms with Crippen LogP contribution in [0.5, 0.6) is 0 Å². The van der Waals surface area contributed by atoms with Gasteiger partial charge in [0.25, 0.3) is 5.91 Å². The predicted molar refractivity (Wildman–Crippen MR) is 92.3 cm³/mol. The fourth-order valence-corrected chi connectivity index (χ4v) is 4.00. The maximum absolute atomic E-state index is 12.6. The summed E-state index contributed by atoms with van der Waals surface area (Å²) in [5.41, 5.74) is 0.544. The second-order valence-corrected chi connectivity index (χ2v) is 7.44. The molecule has 5 nitrogen and oxygen atoms in total. The van der Waals surface area contributed by atoms with Gasteiger partial charge in [-0.15, -0.1) is 0 Å². The Morgan fingerprint density at radius 3 is 2.75 bits per heavy atom. The normalized spacial score (nSPS) is 21.6. The third kappa shape index (κ3) is 2.61. The predicted octanol–water partition coefficient (Wildman–Crippen LogP) is 2.87. The van der Waals surface area contributed by atoms with Crippen molar-refractivity contribution in [2.45, 2.75) is 31.3 Å². The summed E-state index contributed by atoms with van der Waals surface area (Å²) < 4.78 is 5.37. The standard InChI is InChI=1S/C18H21ClN2O3/c19-12-1-2-13-14(10-20-15(13)9-12)16(22)21-11-17(3-4-17)18(23)5-7-24-8-6-18/h1-2,9-10,20,23H,3-8,11H2,(H,21,22). The summed E-state index contributed by atoms with van der Waals surface area (Å²) in [7, 11) is 0. The number of benzene rings is 1. The van der Waals surface area contributed by atoms with Crippen molar-refractivity contribution in [3.63, 3.8) is 0 Å². The first-order chi connectivity index (χ1) is 11.5. The summed E-state index contributed by atoms with van der Waals surface area (Å²) in [4.78, 5) is 15.7. The number of fused-ring (bicyclic) bond motifs is 1. The molecule has 2 fully saturated rings. The van der Waals surface area contributed by atoms with E-state index in [4.69, 9.17) is 16.3 Å². The van der Waals surface area contributed by atoms with Gasteiger partial charge < -0.3 is 20.1 Å². The van der Waals surface area contributed by atoms with Gasteiger partial charge in [-0.1, -0.05) is 17.7 Å². The van der Waals surface area contributed by atoms with Crippen LogP contribution in [0.4, 0.5) is 0 Å². The number of aromatic nitrogens is 1. The minimum atomic E-state index is -0.716. The second-order valence-electron chi connectivity index (χ2n) is 7.00. The second kappa shape index (κ2) is 5.76. The third-order valence-corrected chi connectivity index (χ3v) is 5.87. The zero-order valence-electron chi connectivity index (χ0n) is 13.4. The third-order valence-electron chi connectivity index (χ3n) is 5.64. The maximum Gasteiger partial charge on any atom is 0.253 e. The van der Waals surface area contributed by atoms with Gasteiger partial charge in [0.05, 0.1) is 11.2 Å². The van der Waals surface area contributed by atoms with Crippen molar-refractivity contribution in [3.8, 4) is 0 Å². The van der Waals surface area contributed by atoms with Crippen molar-refractivity contribution < 1.29 is 14.6 Å². The van der Waals surface area contributed by atoms with E-state index in [0.29, 0.717) is 43.2 Å². The van der Waals surface area contributed by atoms with Gasteiger partial charge in [0.1, 0.15) is 0 Å². The summed E-state index contributed by atoms with van der Waals surface area (Å²) in [6, 6.07) is 5.43. The van der Waals surface area contributed by atoms with E-state index in [0.717, 1.165) is 23.7 Å². The van der Waals surface area contributed by atoms with Crippen molar-refractivity contribution in [1.29, 1.82) is 0 Å². The number of amides is 1. The highest BCUT2D eigenvalue weighted by Crippen LogP contribution is 2.57. The number of nitrogens with one attached hydrogen (secondary N) is 2. The first-order valence-corrected chi connectivity index (χ1v) is 8.76. The van der Waals surface area contributed by atoms with Gasteiger partial charge in [0.15, 0.2) is 0 Å². The minimum Gasteiger partial charge on any atom is -0.389 e. The molecule has 24 heavy (non-hydrogen) atoms. The molecule has 2 aliphatic rings. The number of hydrogen-bond donors (Lipinski definition) is 3. The van der Waals surface area contributed by atoms with Crippen LogP contribution in [0.3, 0.4) is 0 Å². The lowest BCUT2D eigenvalue weighted by Crippen LogP contribution is -2.49. The van der Waals surface area contributed by atoms with Crippen molar-refractivity contribution in [2.75, 3.05) is 19.8 Å². The molecule has 4 rings (SSSR count). The highest BCUT2D eigenvalue weighted by Gasteiger charge is 2.58. The van der Waals surface area contributed by atoms with Gasteiger partial charge >= 0.3 is 0 Å². The van der Waals surface area contributed by atoms with Crippen molar-refractivity contribution >= 4 is 28.4 Å². The number of halogens is 1. The summed E-state index contributed by atoms with van der Waals surface area (Å²) in [5, 5.41) is 15.5. The fraction of sp³-hybridized carbons (Fsp3) is 0.500. The van der Waals surface area contributed by atoms with Gasteiger partial charge in [0, 0.05) is 60.1 Å². The summed E-state index contributed by atoms with van der Waals surface area (Å²) >= 11 is 5.98. The number of hydrogen-bond acceptors (Lipinski definition) is 3. The number of ether oxygens (including phenoxy) is 1. The molecule has 1 aliphatic heterocycles. The number of aromatic amines is 1. The van der Waals surface area contributed by atoms with Gasteiger partial charge in [0.2, 0.25) is 0 Å². The fourth-order valence-electron chi connectivity index (χ4n) is 3.83. The van der Waals surface area contributed by atoms with E-state index in [-0.39, 0.29) is 11.3 Å². The maximum atomic E-state index is 12.6. The molecule has 1 aromatic heterocycles. The molecule has 0 atom stereocenters. The summed E-state index contributed by atoms with van der Waals surface area (Å²) in [5.74, 6) is -0.120. The van der Waals surface area contributed by atoms with Gasteiger partial charge in [-0.3, -0.25) is 4.79 Å². The summed E-state index contributed by atoms with van der Waals surface area (Å²) in [6.07, 6.45) is 4.91. The highest BCUT2D eigenvalue weighted by atomic mass is 35.5. The number of H-pyrrole nitrogens is 1. The molecule has 0 radical (unpaired) electrons. The van der Waals surface area contributed by atoms with Crippen LogP contribution >= 0.6 is 11.6 Å².